The Labute approximate surface area is 118 Å². The summed E-state index contributed by atoms with van der Waals surface area (Å²) in [5, 5.41) is 4.39. The molecule has 0 atom stereocenters. The summed E-state index contributed by atoms with van der Waals surface area (Å²) in [6.45, 7) is 0. The quantitative estimate of drug-likeness (QED) is 0.753. The van der Waals surface area contributed by atoms with Crippen molar-refractivity contribution in [3.63, 3.8) is 0 Å². The minimum Gasteiger partial charge on any atom is -0.399 e. The van der Waals surface area contributed by atoms with Gasteiger partial charge in [0.1, 0.15) is 0 Å². The van der Waals surface area contributed by atoms with Gasteiger partial charge in [0.15, 0.2) is 0 Å². The van der Waals surface area contributed by atoms with E-state index in [1.54, 1.807) is 18.2 Å². The second-order valence-corrected chi connectivity index (χ2v) is 5.25. The van der Waals surface area contributed by atoms with Crippen molar-refractivity contribution in [2.24, 2.45) is 0 Å². The molecule has 2 rings (SSSR count). The van der Waals surface area contributed by atoms with Crippen molar-refractivity contribution >= 4 is 56.2 Å². The fourth-order valence-electron chi connectivity index (χ4n) is 1.41. The van der Waals surface area contributed by atoms with Gasteiger partial charge in [0.25, 0.3) is 0 Å². The summed E-state index contributed by atoms with van der Waals surface area (Å²) in [5.74, 6) is 0. The van der Waals surface area contributed by atoms with Crippen LogP contribution in [0, 0.1) is 0 Å². The Morgan fingerprint density at radius 1 is 1.00 bits per heavy atom. The van der Waals surface area contributed by atoms with Crippen LogP contribution >= 0.6 is 39.1 Å². The number of anilines is 3. The highest BCUT2D eigenvalue weighted by atomic mass is 79.9. The first-order valence-corrected chi connectivity index (χ1v) is 6.37. The minimum absolute atomic E-state index is 0.589. The molecule has 0 unspecified atom stereocenters. The van der Waals surface area contributed by atoms with E-state index >= 15 is 0 Å². The largest absolute Gasteiger partial charge is 0.399 e. The van der Waals surface area contributed by atoms with Gasteiger partial charge in [-0.1, -0.05) is 23.2 Å². The van der Waals surface area contributed by atoms with Gasteiger partial charge < -0.3 is 11.1 Å². The summed E-state index contributed by atoms with van der Waals surface area (Å²) >= 11 is 15.3. The summed E-state index contributed by atoms with van der Waals surface area (Å²) in [6.07, 6.45) is 0. The summed E-state index contributed by atoms with van der Waals surface area (Å²) in [5.41, 5.74) is 8.10. The number of rotatable bonds is 2. The predicted molar refractivity (Wildman–Crippen MR) is 78.3 cm³/mol. The van der Waals surface area contributed by atoms with Crippen LogP contribution in [-0.4, -0.2) is 0 Å². The Balaban J connectivity index is 2.31. The third kappa shape index (κ3) is 3.28. The lowest BCUT2D eigenvalue weighted by atomic mass is 10.2. The van der Waals surface area contributed by atoms with Gasteiger partial charge in [-0.3, -0.25) is 0 Å². The molecule has 0 spiro atoms. The second kappa shape index (κ2) is 5.17. The molecule has 0 aromatic heterocycles. The third-order valence-corrected chi connectivity index (χ3v) is 3.23. The van der Waals surface area contributed by atoms with Gasteiger partial charge in [-0.2, -0.15) is 0 Å². The Morgan fingerprint density at radius 3 is 2.24 bits per heavy atom. The number of hydrogen-bond donors (Lipinski definition) is 2. The van der Waals surface area contributed by atoms with Gasteiger partial charge >= 0.3 is 0 Å². The smallest absolute Gasteiger partial charge is 0.0530 e. The summed E-state index contributed by atoms with van der Waals surface area (Å²) in [6, 6.07) is 10.8. The van der Waals surface area contributed by atoms with Crippen LogP contribution in [0.4, 0.5) is 17.1 Å². The molecule has 5 heteroatoms. The van der Waals surface area contributed by atoms with Crippen molar-refractivity contribution < 1.29 is 0 Å². The van der Waals surface area contributed by atoms with E-state index in [0.717, 1.165) is 15.8 Å². The van der Waals surface area contributed by atoms with Gasteiger partial charge in [-0.05, 0) is 52.3 Å². The molecule has 0 aliphatic rings. The van der Waals surface area contributed by atoms with Crippen molar-refractivity contribution in [2.45, 2.75) is 0 Å². The number of nitrogens with one attached hydrogen (secondary N) is 1. The zero-order chi connectivity index (χ0) is 12.4. The number of nitrogen functional groups attached to an aromatic ring is 1. The molecule has 0 heterocycles. The van der Waals surface area contributed by atoms with E-state index < -0.39 is 0 Å². The first-order chi connectivity index (χ1) is 8.04. The van der Waals surface area contributed by atoms with Crippen LogP contribution in [0.25, 0.3) is 0 Å². The van der Waals surface area contributed by atoms with Crippen molar-refractivity contribution in [1.82, 2.24) is 0 Å². The SMILES string of the molecule is Nc1ccc(Nc2cc(Cl)cc(Cl)c2)c(Br)c1. The van der Waals surface area contributed by atoms with E-state index in [9.17, 15) is 0 Å². The van der Waals surface area contributed by atoms with E-state index in [2.05, 4.69) is 21.2 Å². The van der Waals surface area contributed by atoms with Crippen LogP contribution in [0.15, 0.2) is 40.9 Å². The van der Waals surface area contributed by atoms with Crippen LogP contribution in [0.1, 0.15) is 0 Å². The zero-order valence-corrected chi connectivity index (χ0v) is 11.8. The van der Waals surface area contributed by atoms with Crippen LogP contribution in [0.2, 0.25) is 10.0 Å². The molecule has 3 N–H and O–H groups in total. The normalized spacial score (nSPS) is 10.3. The molecular weight excluding hydrogens is 323 g/mol. The van der Waals surface area contributed by atoms with Gasteiger partial charge in [0.2, 0.25) is 0 Å². The summed E-state index contributed by atoms with van der Waals surface area (Å²) < 4.78 is 0.883. The molecule has 2 aromatic carbocycles. The zero-order valence-electron chi connectivity index (χ0n) is 8.68. The molecule has 2 nitrogen and oxygen atoms in total. The van der Waals surface area contributed by atoms with Crippen LogP contribution < -0.4 is 11.1 Å². The monoisotopic (exact) mass is 330 g/mol. The maximum Gasteiger partial charge on any atom is 0.0530 e. The van der Waals surface area contributed by atoms with Crippen LogP contribution in [-0.2, 0) is 0 Å². The lowest BCUT2D eigenvalue weighted by molar-refractivity contribution is 1.52. The second-order valence-electron chi connectivity index (χ2n) is 3.52. The average molecular weight is 332 g/mol. The number of nitrogens with two attached hydrogens (primary N) is 1. The van der Waals surface area contributed by atoms with Gasteiger partial charge in [0.05, 0.1) is 5.69 Å². The van der Waals surface area contributed by atoms with E-state index in [1.807, 2.05) is 18.2 Å². The van der Waals surface area contributed by atoms with Crippen LogP contribution in [0.5, 0.6) is 0 Å². The number of hydrogen-bond acceptors (Lipinski definition) is 2. The fourth-order valence-corrected chi connectivity index (χ4v) is 2.44. The molecule has 0 aliphatic carbocycles. The van der Waals surface area contributed by atoms with Crippen molar-refractivity contribution in [3.05, 3.63) is 50.9 Å². The van der Waals surface area contributed by atoms with Gasteiger partial charge in [-0.15, -0.1) is 0 Å². The fraction of sp³-hybridized carbons (Fsp3) is 0. The van der Waals surface area contributed by atoms with Crippen molar-refractivity contribution in [3.8, 4) is 0 Å². The Kier molecular flexibility index (Phi) is 3.82. The van der Waals surface area contributed by atoms with Gasteiger partial charge in [-0.25, -0.2) is 0 Å². The molecule has 0 saturated carbocycles. The number of benzene rings is 2. The Bertz CT molecular complexity index is 538. The molecular formula is C12H9BrCl2N2. The highest BCUT2D eigenvalue weighted by Gasteiger charge is 2.02. The molecule has 0 amide bonds. The first kappa shape index (κ1) is 12.6. The topological polar surface area (TPSA) is 38.0 Å². The minimum atomic E-state index is 0.589. The molecule has 0 radical (unpaired) electrons. The molecule has 0 saturated heterocycles. The van der Waals surface area contributed by atoms with E-state index in [1.165, 1.54) is 0 Å². The average Bonchev–Trinajstić information content (AvgIpc) is 2.21. The standard InChI is InChI=1S/C12H9BrCl2N2/c13-11-6-9(16)1-2-12(11)17-10-4-7(14)3-8(15)5-10/h1-6,17H,16H2. The Morgan fingerprint density at radius 2 is 1.65 bits per heavy atom. The first-order valence-electron chi connectivity index (χ1n) is 4.83. The van der Waals surface area contributed by atoms with E-state index in [-0.39, 0.29) is 0 Å². The van der Waals surface area contributed by atoms with Gasteiger partial charge in [0, 0.05) is 25.9 Å². The lowest BCUT2D eigenvalue weighted by Gasteiger charge is -2.10. The predicted octanol–water partition coefficient (Wildman–Crippen LogP) is 5.08. The molecule has 0 fully saturated rings. The highest BCUT2D eigenvalue weighted by Crippen LogP contribution is 2.30. The third-order valence-electron chi connectivity index (χ3n) is 2.13. The maximum atomic E-state index is 5.93. The van der Waals surface area contributed by atoms with Crippen molar-refractivity contribution in [2.75, 3.05) is 11.1 Å². The molecule has 2 aromatic rings. The maximum absolute atomic E-state index is 5.93. The molecule has 0 aliphatic heterocycles. The molecule has 17 heavy (non-hydrogen) atoms. The summed E-state index contributed by atoms with van der Waals surface area (Å²) in [4.78, 5) is 0. The summed E-state index contributed by atoms with van der Waals surface area (Å²) in [7, 11) is 0. The van der Waals surface area contributed by atoms with Crippen LogP contribution in [0.3, 0.4) is 0 Å². The number of halogens is 3. The Hall–Kier alpha value is -0.900. The molecule has 0 bridgehead atoms. The van der Waals surface area contributed by atoms with Crippen molar-refractivity contribution in [1.29, 1.82) is 0 Å². The lowest BCUT2D eigenvalue weighted by Crippen LogP contribution is -1.93. The van der Waals surface area contributed by atoms with E-state index in [4.69, 9.17) is 28.9 Å². The van der Waals surface area contributed by atoms with E-state index in [0.29, 0.717) is 15.7 Å². The highest BCUT2D eigenvalue weighted by molar-refractivity contribution is 9.10. The molecule has 88 valence electrons.